The van der Waals surface area contributed by atoms with Gasteiger partial charge >= 0.3 is 11.7 Å². The van der Waals surface area contributed by atoms with Gasteiger partial charge in [0.25, 0.3) is 5.56 Å². The highest BCUT2D eigenvalue weighted by atomic mass is 16.5. The topological polar surface area (TPSA) is 81.2 Å². The van der Waals surface area contributed by atoms with Crippen molar-refractivity contribution in [3.05, 3.63) is 91.7 Å². The summed E-state index contributed by atoms with van der Waals surface area (Å²) in [4.78, 5) is 40.7. The van der Waals surface area contributed by atoms with Crippen LogP contribution in [0.1, 0.15) is 65.9 Å². The molecule has 1 heterocycles. The smallest absolute Gasteiger partial charge is 0.329 e. The maximum Gasteiger partial charge on any atom is 0.329 e. The molecule has 2 aromatic rings. The van der Waals surface area contributed by atoms with Gasteiger partial charge in [-0.25, -0.2) is 9.36 Å². The van der Waals surface area contributed by atoms with Gasteiger partial charge in [0.05, 0.1) is 12.3 Å². The van der Waals surface area contributed by atoms with Crippen molar-refractivity contribution in [1.82, 2.24) is 9.55 Å². The lowest BCUT2D eigenvalue weighted by atomic mass is 10.0. The minimum absolute atomic E-state index is 0.186. The van der Waals surface area contributed by atoms with Crippen LogP contribution in [0.25, 0.3) is 11.3 Å². The van der Waals surface area contributed by atoms with Crippen LogP contribution in [0.2, 0.25) is 0 Å². The Hall–Kier alpha value is -3.41. The number of allylic oxidation sites excluding steroid dienone is 6. The predicted molar refractivity (Wildman–Crippen MR) is 143 cm³/mol. The number of rotatable bonds is 12. The summed E-state index contributed by atoms with van der Waals surface area (Å²) in [5.74, 6) is -0.614. The quantitative estimate of drug-likeness (QED) is 0.312. The van der Waals surface area contributed by atoms with E-state index in [0.29, 0.717) is 17.7 Å². The first kappa shape index (κ1) is 27.8. The fraction of sp³-hybridized carbons (Fsp3) is 0.414. The standard InChI is InChI=1S/C29H38N2O4/c1-6-35-26(32)20-31-28(33)25(27(30-29(31)34)24-16-8-7-9-17-24)19-18-23(5)15-11-14-22(4)13-10-12-21(2)3/h7-9,12,14,16-18H,6,10-11,13,15,19-20H2,1-5H3,(H,30,34)/b22-14+,23-18-. The van der Waals surface area contributed by atoms with Gasteiger partial charge in [-0.2, -0.15) is 0 Å². The van der Waals surface area contributed by atoms with Gasteiger partial charge in [-0.05, 0) is 72.3 Å². The summed E-state index contributed by atoms with van der Waals surface area (Å²) in [7, 11) is 0. The number of carbonyl (C=O) groups is 1. The molecule has 1 N–H and O–H groups in total. The fourth-order valence-corrected chi connectivity index (χ4v) is 3.75. The molecule has 0 spiro atoms. The van der Waals surface area contributed by atoms with E-state index >= 15 is 0 Å². The largest absolute Gasteiger partial charge is 0.465 e. The number of carbonyl (C=O) groups excluding carboxylic acids is 1. The third-order valence-corrected chi connectivity index (χ3v) is 5.71. The van der Waals surface area contributed by atoms with Crippen molar-refractivity contribution in [3.8, 4) is 11.3 Å². The number of nitrogens with zero attached hydrogens (tertiary/aromatic N) is 1. The molecule has 0 saturated carbocycles. The molecule has 0 aliphatic heterocycles. The van der Waals surface area contributed by atoms with E-state index in [0.717, 1.165) is 35.8 Å². The van der Waals surface area contributed by atoms with E-state index < -0.39 is 23.8 Å². The summed E-state index contributed by atoms with van der Waals surface area (Å²) in [5.41, 5.74) is 4.48. The van der Waals surface area contributed by atoms with Crippen LogP contribution < -0.4 is 11.2 Å². The Balaban J connectivity index is 2.26. The zero-order chi connectivity index (χ0) is 25.8. The highest BCUT2D eigenvalue weighted by Crippen LogP contribution is 2.19. The molecule has 6 heteroatoms. The van der Waals surface area contributed by atoms with Crippen LogP contribution in [0.3, 0.4) is 0 Å². The monoisotopic (exact) mass is 478 g/mol. The van der Waals surface area contributed by atoms with Crippen LogP contribution in [0, 0.1) is 0 Å². The second-order valence-corrected chi connectivity index (χ2v) is 9.01. The van der Waals surface area contributed by atoms with E-state index in [1.807, 2.05) is 36.4 Å². The molecule has 0 aliphatic rings. The van der Waals surface area contributed by atoms with Crippen molar-refractivity contribution in [1.29, 1.82) is 0 Å². The number of aromatic amines is 1. The van der Waals surface area contributed by atoms with Gasteiger partial charge in [0.1, 0.15) is 6.54 Å². The van der Waals surface area contributed by atoms with Crippen LogP contribution in [-0.2, 0) is 22.5 Å². The Morgan fingerprint density at radius 2 is 1.57 bits per heavy atom. The van der Waals surface area contributed by atoms with Crippen molar-refractivity contribution in [2.45, 2.75) is 73.3 Å². The number of aromatic nitrogens is 2. The average Bonchev–Trinajstić information content (AvgIpc) is 2.81. The summed E-state index contributed by atoms with van der Waals surface area (Å²) in [6.07, 6.45) is 10.9. The van der Waals surface area contributed by atoms with E-state index in [-0.39, 0.29) is 6.61 Å². The Morgan fingerprint density at radius 1 is 0.943 bits per heavy atom. The first-order valence-electron chi connectivity index (χ1n) is 12.2. The Labute approximate surface area is 208 Å². The molecule has 188 valence electrons. The lowest BCUT2D eigenvalue weighted by Crippen LogP contribution is -2.40. The van der Waals surface area contributed by atoms with Gasteiger partial charge in [-0.1, -0.05) is 65.3 Å². The summed E-state index contributed by atoms with van der Waals surface area (Å²) < 4.78 is 5.85. The van der Waals surface area contributed by atoms with Gasteiger partial charge in [0, 0.05) is 5.56 Å². The van der Waals surface area contributed by atoms with Crippen molar-refractivity contribution in [3.63, 3.8) is 0 Å². The normalized spacial score (nSPS) is 11.9. The zero-order valence-electron chi connectivity index (χ0n) is 21.6. The summed E-state index contributed by atoms with van der Waals surface area (Å²) in [5, 5.41) is 0. The van der Waals surface area contributed by atoms with E-state index in [1.165, 1.54) is 16.7 Å². The van der Waals surface area contributed by atoms with Gasteiger partial charge in [0.15, 0.2) is 0 Å². The molecule has 35 heavy (non-hydrogen) atoms. The molecule has 0 bridgehead atoms. The second-order valence-electron chi connectivity index (χ2n) is 9.01. The van der Waals surface area contributed by atoms with E-state index in [1.54, 1.807) is 6.92 Å². The maximum absolute atomic E-state index is 13.3. The van der Waals surface area contributed by atoms with Crippen molar-refractivity contribution >= 4 is 5.97 Å². The zero-order valence-corrected chi connectivity index (χ0v) is 21.6. The van der Waals surface area contributed by atoms with Crippen LogP contribution in [0.4, 0.5) is 0 Å². The fourth-order valence-electron chi connectivity index (χ4n) is 3.75. The lowest BCUT2D eigenvalue weighted by molar-refractivity contribution is -0.143. The highest BCUT2D eigenvalue weighted by Gasteiger charge is 2.17. The minimum atomic E-state index is -0.625. The first-order valence-corrected chi connectivity index (χ1v) is 12.2. The molecule has 6 nitrogen and oxygen atoms in total. The Kier molecular flexibility index (Phi) is 11.2. The number of hydrogen-bond acceptors (Lipinski definition) is 4. The van der Waals surface area contributed by atoms with Crippen molar-refractivity contribution in [2.75, 3.05) is 6.61 Å². The van der Waals surface area contributed by atoms with Crippen LogP contribution in [-0.4, -0.2) is 22.1 Å². The molecular weight excluding hydrogens is 440 g/mol. The number of nitrogens with one attached hydrogen (secondary N) is 1. The third-order valence-electron chi connectivity index (χ3n) is 5.71. The molecule has 0 aliphatic carbocycles. The van der Waals surface area contributed by atoms with Gasteiger partial charge in [-0.15, -0.1) is 0 Å². The molecular formula is C29H38N2O4. The minimum Gasteiger partial charge on any atom is -0.465 e. The molecule has 2 rings (SSSR count). The van der Waals surface area contributed by atoms with E-state index in [4.69, 9.17) is 4.74 Å². The molecule has 1 aromatic carbocycles. The molecule has 1 aromatic heterocycles. The van der Waals surface area contributed by atoms with Crippen molar-refractivity contribution < 1.29 is 9.53 Å². The Bertz CT molecular complexity index is 1190. The van der Waals surface area contributed by atoms with Crippen LogP contribution >= 0.6 is 0 Å². The highest BCUT2D eigenvalue weighted by molar-refractivity contribution is 5.69. The number of esters is 1. The SMILES string of the molecule is CCOC(=O)Cn1c(=O)[nH]c(-c2ccccc2)c(C/C=C(/C)CC/C=C(\C)CCC=C(C)C)c1=O. The molecule has 0 radical (unpaired) electrons. The maximum atomic E-state index is 13.3. The molecule has 0 saturated heterocycles. The van der Waals surface area contributed by atoms with Gasteiger partial charge < -0.3 is 9.72 Å². The number of benzene rings is 1. The number of hydrogen-bond donors (Lipinski definition) is 1. The Morgan fingerprint density at radius 3 is 2.20 bits per heavy atom. The van der Waals surface area contributed by atoms with Crippen LogP contribution in [0.5, 0.6) is 0 Å². The first-order chi connectivity index (χ1) is 16.7. The van der Waals surface area contributed by atoms with E-state index in [2.05, 4.69) is 44.8 Å². The number of H-pyrrole nitrogens is 1. The summed E-state index contributed by atoms with van der Waals surface area (Å²) in [6.45, 7) is 9.90. The summed E-state index contributed by atoms with van der Waals surface area (Å²) >= 11 is 0. The predicted octanol–water partition coefficient (Wildman–Crippen LogP) is 5.73. The van der Waals surface area contributed by atoms with Crippen molar-refractivity contribution in [2.24, 2.45) is 0 Å². The molecule has 0 amide bonds. The third kappa shape index (κ3) is 9.04. The molecule has 0 fully saturated rings. The van der Waals surface area contributed by atoms with Crippen LogP contribution in [0.15, 0.2) is 74.9 Å². The van der Waals surface area contributed by atoms with E-state index in [9.17, 15) is 14.4 Å². The van der Waals surface area contributed by atoms with Gasteiger partial charge in [0.2, 0.25) is 0 Å². The summed E-state index contributed by atoms with van der Waals surface area (Å²) in [6, 6.07) is 9.29. The second kappa shape index (κ2) is 14.1. The lowest BCUT2D eigenvalue weighted by Gasteiger charge is -2.12. The number of ether oxygens (including phenoxy) is 1. The molecule has 0 atom stereocenters. The van der Waals surface area contributed by atoms with Gasteiger partial charge in [-0.3, -0.25) is 9.59 Å². The molecule has 0 unspecified atom stereocenters. The average molecular weight is 479 g/mol.